The summed E-state index contributed by atoms with van der Waals surface area (Å²) in [6.07, 6.45) is 1.17. The first-order valence-electron chi connectivity index (χ1n) is 10.1. The zero-order valence-corrected chi connectivity index (χ0v) is 17.0. The highest BCUT2D eigenvalue weighted by atomic mass is 16.5. The third kappa shape index (κ3) is 7.07. The smallest absolute Gasteiger partial charge is 0.234 e. The molecule has 29 heavy (non-hydrogen) atoms. The minimum absolute atomic E-state index is 0.0250. The summed E-state index contributed by atoms with van der Waals surface area (Å²) in [5.41, 5.74) is 0.329. The predicted molar refractivity (Wildman–Crippen MR) is 112 cm³/mol. The van der Waals surface area contributed by atoms with E-state index in [2.05, 4.69) is 10.2 Å². The van der Waals surface area contributed by atoms with Crippen molar-refractivity contribution < 1.29 is 19.4 Å². The molecule has 0 bridgehead atoms. The Labute approximate surface area is 172 Å². The molecule has 6 heteroatoms. The zero-order chi connectivity index (χ0) is 20.5. The van der Waals surface area contributed by atoms with Crippen molar-refractivity contribution in [2.75, 3.05) is 39.4 Å². The minimum atomic E-state index is -0.846. The van der Waals surface area contributed by atoms with Crippen LogP contribution in [0.25, 0.3) is 0 Å². The number of amides is 1. The molecule has 1 aliphatic rings. The number of carbonyl (C=O) groups is 1. The second-order valence-electron chi connectivity index (χ2n) is 7.61. The standard InChI is InChI=1S/C23H30N2O4/c1-19-7-9-21(10-8-19)29-18-23(27)11-14-25(15-12-23)17-22(26)24-13-16-28-20-5-3-2-4-6-20/h2-10,27H,11-18H2,1H3,(H,24,26). The second kappa shape index (κ2) is 10.3. The first kappa shape index (κ1) is 21.1. The fourth-order valence-electron chi connectivity index (χ4n) is 3.26. The van der Waals surface area contributed by atoms with E-state index >= 15 is 0 Å². The molecule has 2 aromatic carbocycles. The maximum Gasteiger partial charge on any atom is 0.234 e. The van der Waals surface area contributed by atoms with Crippen LogP contribution < -0.4 is 14.8 Å². The highest BCUT2D eigenvalue weighted by Gasteiger charge is 2.33. The number of carbonyl (C=O) groups excluding carboxylic acids is 1. The molecule has 1 amide bonds. The number of piperidine rings is 1. The summed E-state index contributed by atoms with van der Waals surface area (Å²) in [7, 11) is 0. The Bertz CT molecular complexity index is 756. The van der Waals surface area contributed by atoms with E-state index < -0.39 is 5.60 Å². The largest absolute Gasteiger partial charge is 0.492 e. The van der Waals surface area contributed by atoms with Crippen LogP contribution in [-0.4, -0.2) is 60.9 Å². The molecule has 1 saturated heterocycles. The average Bonchev–Trinajstić information content (AvgIpc) is 2.74. The van der Waals surface area contributed by atoms with Gasteiger partial charge in [0.15, 0.2) is 0 Å². The van der Waals surface area contributed by atoms with E-state index in [9.17, 15) is 9.90 Å². The van der Waals surface area contributed by atoms with Gasteiger partial charge in [-0.15, -0.1) is 0 Å². The summed E-state index contributed by atoms with van der Waals surface area (Å²) < 4.78 is 11.3. The van der Waals surface area contributed by atoms with Gasteiger partial charge in [-0.25, -0.2) is 0 Å². The van der Waals surface area contributed by atoms with Crippen molar-refractivity contribution in [2.24, 2.45) is 0 Å². The highest BCUT2D eigenvalue weighted by molar-refractivity contribution is 5.78. The van der Waals surface area contributed by atoms with Gasteiger partial charge in [-0.05, 0) is 44.0 Å². The van der Waals surface area contributed by atoms with Gasteiger partial charge in [0.05, 0.1) is 13.1 Å². The van der Waals surface area contributed by atoms with Crippen molar-refractivity contribution in [1.29, 1.82) is 0 Å². The number of rotatable bonds is 9. The fraction of sp³-hybridized carbons (Fsp3) is 0.435. The Kier molecular flexibility index (Phi) is 7.49. The van der Waals surface area contributed by atoms with Crippen LogP contribution in [0.15, 0.2) is 54.6 Å². The van der Waals surface area contributed by atoms with Crippen molar-refractivity contribution in [3.05, 3.63) is 60.2 Å². The predicted octanol–water partition coefficient (Wildman–Crippen LogP) is 2.40. The third-order valence-electron chi connectivity index (χ3n) is 5.12. The molecule has 0 aliphatic carbocycles. The summed E-state index contributed by atoms with van der Waals surface area (Å²) in [6.45, 7) is 4.87. The molecule has 156 valence electrons. The number of nitrogens with one attached hydrogen (secondary N) is 1. The maximum absolute atomic E-state index is 12.1. The summed E-state index contributed by atoms with van der Waals surface area (Å²) in [5.74, 6) is 1.54. The molecule has 0 unspecified atom stereocenters. The van der Waals surface area contributed by atoms with Crippen LogP contribution in [0.4, 0.5) is 0 Å². The van der Waals surface area contributed by atoms with Gasteiger partial charge < -0.3 is 19.9 Å². The molecule has 0 saturated carbocycles. The van der Waals surface area contributed by atoms with Crippen molar-refractivity contribution >= 4 is 5.91 Å². The van der Waals surface area contributed by atoms with E-state index in [0.29, 0.717) is 45.6 Å². The molecule has 0 radical (unpaired) electrons. The number of benzene rings is 2. The highest BCUT2D eigenvalue weighted by Crippen LogP contribution is 2.24. The van der Waals surface area contributed by atoms with Crippen LogP contribution in [-0.2, 0) is 4.79 Å². The van der Waals surface area contributed by atoms with Gasteiger partial charge in [0.1, 0.15) is 30.3 Å². The Morgan fingerprint density at radius 1 is 1.03 bits per heavy atom. The first-order chi connectivity index (χ1) is 14.0. The molecular weight excluding hydrogens is 368 g/mol. The summed E-state index contributed by atoms with van der Waals surface area (Å²) >= 11 is 0. The maximum atomic E-state index is 12.1. The van der Waals surface area contributed by atoms with Gasteiger partial charge >= 0.3 is 0 Å². The van der Waals surface area contributed by atoms with Crippen LogP contribution in [0.3, 0.4) is 0 Å². The van der Waals surface area contributed by atoms with E-state index in [1.165, 1.54) is 5.56 Å². The molecule has 2 aromatic rings. The second-order valence-corrected chi connectivity index (χ2v) is 7.61. The van der Waals surface area contributed by atoms with Crippen molar-refractivity contribution in [3.8, 4) is 11.5 Å². The molecular formula is C23H30N2O4. The molecule has 2 N–H and O–H groups in total. The molecule has 0 atom stereocenters. The number of nitrogens with zero attached hydrogens (tertiary/aromatic N) is 1. The number of ether oxygens (including phenoxy) is 2. The van der Waals surface area contributed by atoms with Gasteiger partial charge in [-0.2, -0.15) is 0 Å². The van der Waals surface area contributed by atoms with Crippen LogP contribution >= 0.6 is 0 Å². The molecule has 3 rings (SSSR count). The van der Waals surface area contributed by atoms with Gasteiger partial charge in [-0.1, -0.05) is 35.9 Å². The lowest BCUT2D eigenvalue weighted by atomic mass is 9.92. The first-order valence-corrected chi connectivity index (χ1v) is 10.1. The van der Waals surface area contributed by atoms with Gasteiger partial charge in [0.25, 0.3) is 0 Å². The third-order valence-corrected chi connectivity index (χ3v) is 5.12. The fourth-order valence-corrected chi connectivity index (χ4v) is 3.26. The van der Waals surface area contributed by atoms with Crippen molar-refractivity contribution in [3.63, 3.8) is 0 Å². The Morgan fingerprint density at radius 3 is 2.38 bits per heavy atom. The number of hydrogen-bond acceptors (Lipinski definition) is 5. The molecule has 1 fully saturated rings. The van der Waals surface area contributed by atoms with Gasteiger partial charge in [-0.3, -0.25) is 9.69 Å². The number of likely N-dealkylation sites (tertiary alicyclic amines) is 1. The van der Waals surface area contributed by atoms with Crippen molar-refractivity contribution in [1.82, 2.24) is 10.2 Å². The number of hydrogen-bond donors (Lipinski definition) is 2. The lowest BCUT2D eigenvalue weighted by molar-refractivity contribution is -0.124. The Morgan fingerprint density at radius 2 is 1.69 bits per heavy atom. The van der Waals surface area contributed by atoms with Crippen LogP contribution in [0, 0.1) is 6.92 Å². The SMILES string of the molecule is Cc1ccc(OCC2(O)CCN(CC(=O)NCCOc3ccccc3)CC2)cc1. The van der Waals surface area contributed by atoms with E-state index in [1.807, 2.05) is 61.5 Å². The monoisotopic (exact) mass is 398 g/mol. The van der Waals surface area contributed by atoms with E-state index in [4.69, 9.17) is 9.47 Å². The quantitative estimate of drug-likeness (QED) is 0.635. The minimum Gasteiger partial charge on any atom is -0.492 e. The topological polar surface area (TPSA) is 71.0 Å². The van der Waals surface area contributed by atoms with Crippen molar-refractivity contribution in [2.45, 2.75) is 25.4 Å². The summed E-state index contributed by atoms with van der Waals surface area (Å²) in [5, 5.41) is 13.6. The van der Waals surface area contributed by atoms with Gasteiger partial charge in [0.2, 0.25) is 5.91 Å². The summed E-state index contributed by atoms with van der Waals surface area (Å²) in [4.78, 5) is 14.2. The zero-order valence-electron chi connectivity index (χ0n) is 17.0. The van der Waals surface area contributed by atoms with E-state index in [-0.39, 0.29) is 12.5 Å². The molecule has 1 heterocycles. The van der Waals surface area contributed by atoms with E-state index in [1.54, 1.807) is 0 Å². The lowest BCUT2D eigenvalue weighted by Gasteiger charge is -2.37. The molecule has 6 nitrogen and oxygen atoms in total. The average molecular weight is 399 g/mol. The molecule has 0 spiro atoms. The summed E-state index contributed by atoms with van der Waals surface area (Å²) in [6, 6.07) is 17.4. The lowest BCUT2D eigenvalue weighted by Crippen LogP contribution is -2.50. The van der Waals surface area contributed by atoms with Crippen LogP contribution in [0.2, 0.25) is 0 Å². The molecule has 1 aliphatic heterocycles. The Balaban J connectivity index is 1.31. The van der Waals surface area contributed by atoms with E-state index in [0.717, 1.165) is 11.5 Å². The normalized spacial score (nSPS) is 16.2. The van der Waals surface area contributed by atoms with Crippen LogP contribution in [0.5, 0.6) is 11.5 Å². The van der Waals surface area contributed by atoms with Gasteiger partial charge in [0, 0.05) is 13.1 Å². The number of para-hydroxylation sites is 1. The Hall–Kier alpha value is -2.57. The molecule has 0 aromatic heterocycles. The number of aliphatic hydroxyl groups is 1. The number of aryl methyl sites for hydroxylation is 1. The van der Waals surface area contributed by atoms with Crippen LogP contribution in [0.1, 0.15) is 18.4 Å².